The predicted octanol–water partition coefficient (Wildman–Crippen LogP) is 5.23. The fourth-order valence-corrected chi connectivity index (χ4v) is 4.40. The number of halogens is 5. The lowest BCUT2D eigenvalue weighted by Crippen LogP contribution is -2.45. The van der Waals surface area contributed by atoms with Crippen LogP contribution in [0.3, 0.4) is 0 Å². The van der Waals surface area contributed by atoms with Gasteiger partial charge in [0, 0.05) is 28.8 Å². The molecule has 0 bridgehead atoms. The fraction of sp³-hybridized carbons (Fsp3) is 0.174. The van der Waals surface area contributed by atoms with E-state index in [-0.39, 0.29) is 6.54 Å². The lowest BCUT2D eigenvalue weighted by Gasteiger charge is -2.35. The standard InChI is InChI=1S/C23H15Cl2F3N4O4/c24-15-5-4-13(7-16(15)25)35-12-3-1-2-11(6-12)19-14-8-29-31-21(14)30-17-9-32(10-18(33)20(17)19)36-22(34)23(26,27)28/h1-8,19H,9-10H2,(H2,29,30,31). The van der Waals surface area contributed by atoms with E-state index in [0.717, 1.165) is 0 Å². The number of H-pyrrole nitrogens is 1. The molecule has 2 aromatic carbocycles. The van der Waals surface area contributed by atoms with Crippen LogP contribution in [0.5, 0.6) is 11.5 Å². The molecule has 13 heteroatoms. The molecule has 1 atom stereocenters. The molecule has 186 valence electrons. The molecule has 2 N–H and O–H groups in total. The van der Waals surface area contributed by atoms with Crippen molar-refractivity contribution in [2.24, 2.45) is 0 Å². The predicted molar refractivity (Wildman–Crippen MR) is 123 cm³/mol. The second-order valence-electron chi connectivity index (χ2n) is 8.00. The maximum atomic E-state index is 13.1. The number of hydrogen-bond acceptors (Lipinski definition) is 7. The molecule has 0 aliphatic carbocycles. The van der Waals surface area contributed by atoms with E-state index in [4.69, 9.17) is 27.9 Å². The number of fused-ring (bicyclic) bond motifs is 1. The third-order valence-corrected chi connectivity index (χ3v) is 6.32. The van der Waals surface area contributed by atoms with Gasteiger partial charge in [0.2, 0.25) is 0 Å². The summed E-state index contributed by atoms with van der Waals surface area (Å²) in [6, 6.07) is 11.8. The first-order chi connectivity index (χ1) is 17.1. The molecule has 8 nitrogen and oxygen atoms in total. The number of carbonyl (C=O) groups excluding carboxylic acids is 2. The third kappa shape index (κ3) is 4.64. The highest BCUT2D eigenvalue weighted by Gasteiger charge is 2.45. The van der Waals surface area contributed by atoms with Crippen LogP contribution < -0.4 is 10.1 Å². The molecule has 2 aliphatic heterocycles. The van der Waals surface area contributed by atoms with E-state index in [1.807, 2.05) is 0 Å². The first-order valence-electron chi connectivity index (χ1n) is 10.4. The van der Waals surface area contributed by atoms with Gasteiger partial charge in [0.25, 0.3) is 0 Å². The average molecular weight is 539 g/mol. The zero-order chi connectivity index (χ0) is 25.6. The Morgan fingerprint density at radius 1 is 1.08 bits per heavy atom. The quantitative estimate of drug-likeness (QED) is 0.469. The number of aromatic amines is 1. The Hall–Kier alpha value is -3.54. The van der Waals surface area contributed by atoms with Gasteiger partial charge in [0.1, 0.15) is 17.3 Å². The maximum Gasteiger partial charge on any atom is 0.492 e. The second kappa shape index (κ2) is 9.16. The van der Waals surface area contributed by atoms with Gasteiger partial charge in [-0.3, -0.25) is 9.89 Å². The van der Waals surface area contributed by atoms with E-state index in [0.29, 0.717) is 54.8 Å². The van der Waals surface area contributed by atoms with Gasteiger partial charge in [0.15, 0.2) is 5.78 Å². The molecule has 0 spiro atoms. The van der Waals surface area contributed by atoms with Crippen molar-refractivity contribution in [2.45, 2.75) is 12.1 Å². The van der Waals surface area contributed by atoms with Gasteiger partial charge in [-0.25, -0.2) is 4.79 Å². The van der Waals surface area contributed by atoms with Crippen molar-refractivity contribution in [1.82, 2.24) is 15.3 Å². The van der Waals surface area contributed by atoms with Crippen molar-refractivity contribution in [1.29, 1.82) is 0 Å². The number of nitrogens with zero attached hydrogens (tertiary/aromatic N) is 2. The summed E-state index contributed by atoms with van der Waals surface area (Å²) in [4.78, 5) is 28.8. The Morgan fingerprint density at radius 2 is 1.86 bits per heavy atom. The van der Waals surface area contributed by atoms with Crippen molar-refractivity contribution in [3.63, 3.8) is 0 Å². The third-order valence-electron chi connectivity index (χ3n) is 5.59. The number of ether oxygens (including phenoxy) is 1. The van der Waals surface area contributed by atoms with Crippen molar-refractivity contribution in [3.8, 4) is 11.5 Å². The van der Waals surface area contributed by atoms with Crippen molar-refractivity contribution in [3.05, 3.63) is 81.1 Å². The van der Waals surface area contributed by atoms with E-state index in [1.54, 1.807) is 48.7 Å². The van der Waals surface area contributed by atoms with Crippen molar-refractivity contribution < 1.29 is 32.3 Å². The minimum absolute atomic E-state index is 0.253. The highest BCUT2D eigenvalue weighted by atomic mass is 35.5. The largest absolute Gasteiger partial charge is 0.492 e. The molecule has 0 fully saturated rings. The summed E-state index contributed by atoms with van der Waals surface area (Å²) in [5, 5.41) is 11.2. The number of carbonyl (C=O) groups is 2. The minimum Gasteiger partial charge on any atom is -0.457 e. The van der Waals surface area contributed by atoms with Crippen LogP contribution in [-0.2, 0) is 14.4 Å². The van der Waals surface area contributed by atoms with E-state index >= 15 is 0 Å². The molecule has 5 rings (SSSR count). The zero-order valence-electron chi connectivity index (χ0n) is 18.0. The number of aromatic nitrogens is 2. The van der Waals surface area contributed by atoms with Gasteiger partial charge >= 0.3 is 12.1 Å². The minimum atomic E-state index is -5.19. The average Bonchev–Trinajstić information content (AvgIpc) is 3.28. The first-order valence-corrected chi connectivity index (χ1v) is 11.2. The van der Waals surface area contributed by atoms with E-state index < -0.39 is 30.4 Å². The summed E-state index contributed by atoms with van der Waals surface area (Å²) >= 11 is 12.0. The van der Waals surface area contributed by atoms with Crippen LogP contribution in [0.25, 0.3) is 0 Å². The van der Waals surface area contributed by atoms with Crippen LogP contribution in [-0.4, -0.2) is 46.3 Å². The highest BCUT2D eigenvalue weighted by Crippen LogP contribution is 2.43. The molecule has 3 aromatic rings. The van der Waals surface area contributed by atoms with E-state index in [2.05, 4.69) is 20.4 Å². The zero-order valence-corrected chi connectivity index (χ0v) is 19.5. The number of benzene rings is 2. The van der Waals surface area contributed by atoms with Gasteiger partial charge in [-0.1, -0.05) is 35.3 Å². The molecule has 1 aromatic heterocycles. The van der Waals surface area contributed by atoms with Gasteiger partial charge in [0.05, 0.1) is 29.3 Å². The van der Waals surface area contributed by atoms with Gasteiger partial charge in [-0.15, -0.1) is 5.06 Å². The van der Waals surface area contributed by atoms with Gasteiger partial charge < -0.3 is 14.9 Å². The molecule has 36 heavy (non-hydrogen) atoms. The van der Waals surface area contributed by atoms with Crippen LogP contribution in [0.2, 0.25) is 10.0 Å². The van der Waals surface area contributed by atoms with Crippen LogP contribution in [0.1, 0.15) is 17.0 Å². The number of hydroxylamine groups is 2. The normalized spacial score (nSPS) is 17.8. The summed E-state index contributed by atoms with van der Waals surface area (Å²) in [5.41, 5.74) is 1.96. The molecule has 1 unspecified atom stereocenters. The van der Waals surface area contributed by atoms with Crippen molar-refractivity contribution in [2.75, 3.05) is 18.4 Å². The summed E-state index contributed by atoms with van der Waals surface area (Å²) in [6.07, 6.45) is -3.63. The monoisotopic (exact) mass is 538 g/mol. The number of alkyl halides is 3. The number of rotatable bonds is 4. The van der Waals surface area contributed by atoms with E-state index in [9.17, 15) is 22.8 Å². The Morgan fingerprint density at radius 3 is 2.61 bits per heavy atom. The summed E-state index contributed by atoms with van der Waals surface area (Å²) < 4.78 is 43.9. The molecule has 0 saturated carbocycles. The Balaban J connectivity index is 1.48. The van der Waals surface area contributed by atoms with Gasteiger partial charge in [-0.05, 0) is 29.8 Å². The molecule has 0 saturated heterocycles. The molecule has 3 heterocycles. The number of ketones is 1. The van der Waals surface area contributed by atoms with Crippen LogP contribution >= 0.6 is 23.2 Å². The van der Waals surface area contributed by atoms with E-state index in [1.165, 1.54) is 0 Å². The lowest BCUT2D eigenvalue weighted by molar-refractivity contribution is -0.236. The van der Waals surface area contributed by atoms with Crippen molar-refractivity contribution >= 4 is 40.8 Å². The number of anilines is 1. The second-order valence-corrected chi connectivity index (χ2v) is 8.81. The maximum absolute atomic E-state index is 13.1. The fourth-order valence-electron chi connectivity index (χ4n) is 4.11. The number of nitrogens with one attached hydrogen (secondary N) is 2. The molecule has 0 amide bonds. The van der Waals surface area contributed by atoms with Crippen LogP contribution in [0.4, 0.5) is 19.0 Å². The Labute approximate surface area is 211 Å². The summed E-state index contributed by atoms with van der Waals surface area (Å²) in [5.74, 6) is -2.13. The lowest BCUT2D eigenvalue weighted by atomic mass is 9.79. The molecule has 2 aliphatic rings. The highest BCUT2D eigenvalue weighted by molar-refractivity contribution is 6.42. The molecular formula is C23H15Cl2F3N4O4. The number of Topliss-reactive ketones (excluding diaryl/α,β-unsaturated/α-hetero) is 1. The molecule has 0 radical (unpaired) electrons. The topological polar surface area (TPSA) is 96.6 Å². The van der Waals surface area contributed by atoms with Crippen LogP contribution in [0, 0.1) is 0 Å². The Bertz CT molecular complexity index is 1410. The summed E-state index contributed by atoms with van der Waals surface area (Å²) in [7, 11) is 0. The Kier molecular flexibility index (Phi) is 6.15. The number of hydrogen-bond donors (Lipinski definition) is 2. The summed E-state index contributed by atoms with van der Waals surface area (Å²) in [6.45, 7) is -0.789. The SMILES string of the molecule is O=C1CN(OC(=O)C(F)(F)F)CC2=C1C(c1cccc(Oc3ccc(Cl)c(Cl)c3)c1)c1cn[nH]c1N2. The smallest absolute Gasteiger partial charge is 0.457 e. The first kappa shape index (κ1) is 24.2. The van der Waals surface area contributed by atoms with Crippen LogP contribution in [0.15, 0.2) is 59.9 Å². The van der Waals surface area contributed by atoms with Gasteiger partial charge in [-0.2, -0.15) is 18.3 Å². The molecular weight excluding hydrogens is 524 g/mol.